The van der Waals surface area contributed by atoms with E-state index < -0.39 is 0 Å². The summed E-state index contributed by atoms with van der Waals surface area (Å²) in [5.74, 6) is 1.19. The minimum absolute atomic E-state index is 0.0665. The van der Waals surface area contributed by atoms with E-state index in [1.54, 1.807) is 32.4 Å². The van der Waals surface area contributed by atoms with Crippen LogP contribution in [0.3, 0.4) is 0 Å². The van der Waals surface area contributed by atoms with Gasteiger partial charge < -0.3 is 14.8 Å². The van der Waals surface area contributed by atoms with Crippen LogP contribution in [0.1, 0.15) is 31.4 Å². The zero-order chi connectivity index (χ0) is 19.4. The Balaban J connectivity index is 1.72. The Bertz CT molecular complexity index is 786. The summed E-state index contributed by atoms with van der Waals surface area (Å²) in [7, 11) is 3.17. The fourth-order valence-electron chi connectivity index (χ4n) is 3.23. The van der Waals surface area contributed by atoms with Crippen molar-refractivity contribution in [3.05, 3.63) is 53.1 Å². The molecule has 144 valence electrons. The number of anilines is 1. The van der Waals surface area contributed by atoms with E-state index in [4.69, 9.17) is 21.1 Å². The SMILES string of the molecule is COc1cc(NC(=O)CN(C2CC2)C(C)c2ccccc2Cl)cc(OC)c1. The first-order valence-corrected chi connectivity index (χ1v) is 9.42. The van der Waals surface area contributed by atoms with Gasteiger partial charge in [0.1, 0.15) is 11.5 Å². The van der Waals surface area contributed by atoms with E-state index >= 15 is 0 Å². The molecule has 27 heavy (non-hydrogen) atoms. The molecule has 2 aromatic rings. The number of rotatable bonds is 8. The van der Waals surface area contributed by atoms with E-state index in [9.17, 15) is 4.79 Å². The van der Waals surface area contributed by atoms with Gasteiger partial charge in [-0.15, -0.1) is 0 Å². The van der Waals surface area contributed by atoms with Gasteiger partial charge >= 0.3 is 0 Å². The Hall–Kier alpha value is -2.24. The number of nitrogens with one attached hydrogen (secondary N) is 1. The summed E-state index contributed by atoms with van der Waals surface area (Å²) in [5, 5.41) is 3.68. The monoisotopic (exact) mass is 388 g/mol. The number of carbonyl (C=O) groups excluding carboxylic acids is 1. The Morgan fingerprint density at radius 3 is 2.37 bits per heavy atom. The second-order valence-corrected chi connectivity index (χ2v) is 7.16. The van der Waals surface area contributed by atoms with Crippen molar-refractivity contribution in [2.45, 2.75) is 31.8 Å². The number of hydrogen-bond acceptors (Lipinski definition) is 4. The summed E-state index contributed by atoms with van der Waals surface area (Å²) >= 11 is 6.37. The van der Waals surface area contributed by atoms with Gasteiger partial charge in [-0.25, -0.2) is 0 Å². The van der Waals surface area contributed by atoms with Crippen LogP contribution in [0.4, 0.5) is 5.69 Å². The van der Waals surface area contributed by atoms with Crippen LogP contribution in [-0.2, 0) is 4.79 Å². The van der Waals surface area contributed by atoms with E-state index in [2.05, 4.69) is 17.1 Å². The van der Waals surface area contributed by atoms with Gasteiger partial charge in [-0.05, 0) is 31.4 Å². The highest BCUT2D eigenvalue weighted by Crippen LogP contribution is 2.36. The highest BCUT2D eigenvalue weighted by atomic mass is 35.5. The number of ether oxygens (including phenoxy) is 2. The maximum absolute atomic E-state index is 12.7. The number of amides is 1. The minimum Gasteiger partial charge on any atom is -0.497 e. The molecule has 0 aliphatic heterocycles. The van der Waals surface area contributed by atoms with Crippen molar-refractivity contribution in [1.29, 1.82) is 0 Å². The lowest BCUT2D eigenvalue weighted by molar-refractivity contribution is -0.118. The molecule has 1 saturated carbocycles. The molecule has 0 saturated heterocycles. The molecule has 1 atom stereocenters. The average Bonchev–Trinajstić information content (AvgIpc) is 3.50. The van der Waals surface area contributed by atoms with Crippen LogP contribution in [0.15, 0.2) is 42.5 Å². The van der Waals surface area contributed by atoms with E-state index in [-0.39, 0.29) is 11.9 Å². The molecular formula is C21H25ClN2O3. The number of halogens is 1. The molecule has 1 aliphatic carbocycles. The van der Waals surface area contributed by atoms with Gasteiger partial charge in [0.2, 0.25) is 5.91 Å². The predicted molar refractivity (Wildman–Crippen MR) is 108 cm³/mol. The van der Waals surface area contributed by atoms with Crippen molar-refractivity contribution in [3.63, 3.8) is 0 Å². The number of carbonyl (C=O) groups is 1. The van der Waals surface area contributed by atoms with Crippen molar-refractivity contribution >= 4 is 23.2 Å². The van der Waals surface area contributed by atoms with Gasteiger partial charge in [-0.1, -0.05) is 29.8 Å². The molecule has 5 nitrogen and oxygen atoms in total. The molecule has 1 aliphatic rings. The highest BCUT2D eigenvalue weighted by Gasteiger charge is 2.34. The van der Waals surface area contributed by atoms with E-state index in [0.717, 1.165) is 23.4 Å². The van der Waals surface area contributed by atoms with Gasteiger partial charge in [0, 0.05) is 41.0 Å². The second-order valence-electron chi connectivity index (χ2n) is 6.75. The predicted octanol–water partition coefficient (Wildman–Crippen LogP) is 4.52. The number of nitrogens with zero attached hydrogens (tertiary/aromatic N) is 1. The average molecular weight is 389 g/mol. The van der Waals surface area contributed by atoms with Gasteiger partial charge in [0.05, 0.1) is 20.8 Å². The normalized spacial score (nSPS) is 14.7. The molecule has 1 unspecified atom stereocenters. The quantitative estimate of drug-likeness (QED) is 0.722. The van der Waals surface area contributed by atoms with Crippen molar-refractivity contribution in [2.24, 2.45) is 0 Å². The zero-order valence-corrected chi connectivity index (χ0v) is 16.6. The minimum atomic E-state index is -0.0730. The lowest BCUT2D eigenvalue weighted by Crippen LogP contribution is -2.37. The molecule has 3 rings (SSSR count). The summed E-state index contributed by atoms with van der Waals surface area (Å²) in [6, 6.07) is 13.6. The van der Waals surface area contributed by atoms with Crippen molar-refractivity contribution in [1.82, 2.24) is 4.90 Å². The molecule has 0 aromatic heterocycles. The lowest BCUT2D eigenvalue weighted by Gasteiger charge is -2.29. The van der Waals surface area contributed by atoms with Gasteiger partial charge in [0.15, 0.2) is 0 Å². The maximum Gasteiger partial charge on any atom is 0.238 e. The summed E-state index contributed by atoms with van der Waals surface area (Å²) < 4.78 is 10.5. The molecule has 0 bridgehead atoms. The van der Waals surface area contributed by atoms with Crippen molar-refractivity contribution in [3.8, 4) is 11.5 Å². The molecule has 1 N–H and O–H groups in total. The van der Waals surface area contributed by atoms with Crippen LogP contribution in [0.25, 0.3) is 0 Å². The van der Waals surface area contributed by atoms with E-state index in [0.29, 0.717) is 29.8 Å². The van der Waals surface area contributed by atoms with Gasteiger partial charge in [-0.2, -0.15) is 0 Å². The smallest absolute Gasteiger partial charge is 0.238 e. The first-order valence-electron chi connectivity index (χ1n) is 9.05. The maximum atomic E-state index is 12.7. The largest absolute Gasteiger partial charge is 0.497 e. The Kier molecular flexibility index (Phi) is 6.24. The second kappa shape index (κ2) is 8.63. The summed E-state index contributed by atoms with van der Waals surface area (Å²) in [4.78, 5) is 14.9. The van der Waals surface area contributed by atoms with Crippen molar-refractivity contribution in [2.75, 3.05) is 26.1 Å². The standard InChI is InChI=1S/C21H25ClN2O3/c1-14(19-6-4-5-7-20(19)22)24(16-8-9-16)13-21(25)23-15-10-17(26-2)12-18(11-15)27-3/h4-7,10-12,14,16H,8-9,13H2,1-3H3,(H,23,25). The number of hydrogen-bond donors (Lipinski definition) is 1. The number of methoxy groups -OCH3 is 2. The Morgan fingerprint density at radius 1 is 1.19 bits per heavy atom. The van der Waals surface area contributed by atoms with Gasteiger partial charge in [-0.3, -0.25) is 9.69 Å². The summed E-state index contributed by atoms with van der Waals surface area (Å²) in [5.41, 5.74) is 1.69. The molecule has 0 spiro atoms. The fourth-order valence-corrected chi connectivity index (χ4v) is 3.52. The summed E-state index contributed by atoms with van der Waals surface area (Å²) in [6.45, 7) is 2.40. The molecule has 6 heteroatoms. The lowest BCUT2D eigenvalue weighted by atomic mass is 10.1. The van der Waals surface area contributed by atoms with Crippen LogP contribution in [0, 0.1) is 0 Å². The Morgan fingerprint density at radius 2 is 1.81 bits per heavy atom. The first kappa shape index (κ1) is 19.5. The third-order valence-corrected chi connectivity index (χ3v) is 5.17. The molecule has 1 amide bonds. The van der Waals surface area contributed by atoms with E-state index in [1.807, 2.05) is 24.3 Å². The van der Waals surface area contributed by atoms with Crippen molar-refractivity contribution < 1.29 is 14.3 Å². The first-order chi connectivity index (χ1) is 13.0. The molecule has 0 heterocycles. The molecule has 2 aromatic carbocycles. The molecule has 0 radical (unpaired) electrons. The molecular weight excluding hydrogens is 364 g/mol. The third-order valence-electron chi connectivity index (χ3n) is 4.83. The topological polar surface area (TPSA) is 50.8 Å². The zero-order valence-electron chi connectivity index (χ0n) is 15.9. The molecule has 1 fully saturated rings. The number of benzene rings is 2. The van der Waals surface area contributed by atoms with Gasteiger partial charge in [0.25, 0.3) is 0 Å². The van der Waals surface area contributed by atoms with Crippen LogP contribution in [0.2, 0.25) is 5.02 Å². The van der Waals surface area contributed by atoms with Crippen LogP contribution < -0.4 is 14.8 Å². The summed E-state index contributed by atoms with van der Waals surface area (Å²) in [6.07, 6.45) is 2.21. The third kappa shape index (κ3) is 4.93. The van der Waals surface area contributed by atoms with Crippen LogP contribution in [0.5, 0.6) is 11.5 Å². The van der Waals surface area contributed by atoms with E-state index in [1.165, 1.54) is 0 Å². The fraction of sp³-hybridized carbons (Fsp3) is 0.381. The van der Waals surface area contributed by atoms with Crippen LogP contribution in [-0.4, -0.2) is 37.6 Å². The highest BCUT2D eigenvalue weighted by molar-refractivity contribution is 6.31. The van der Waals surface area contributed by atoms with Crippen LogP contribution >= 0.6 is 11.6 Å². The Labute approximate surface area is 165 Å².